The number of β-amino-alcohol motifs (C(OH)–C–C–N with tert-alkyl or cyclic N) is 1. The van der Waals surface area contributed by atoms with Gasteiger partial charge in [0.25, 0.3) is 11.8 Å². The second kappa shape index (κ2) is 5.38. The van der Waals surface area contributed by atoms with Crippen LogP contribution in [0.4, 0.5) is 5.95 Å². The number of hydrogen-bond donors (Lipinski definition) is 1. The Morgan fingerprint density at radius 1 is 1.26 bits per heavy atom. The lowest BCUT2D eigenvalue weighted by atomic mass is 10.2. The molecule has 3 rings (SSSR count). The zero-order chi connectivity index (χ0) is 13.1. The van der Waals surface area contributed by atoms with E-state index in [0.717, 1.165) is 5.56 Å². The lowest BCUT2D eigenvalue weighted by Crippen LogP contribution is -2.33. The van der Waals surface area contributed by atoms with E-state index in [-0.39, 0.29) is 0 Å². The summed E-state index contributed by atoms with van der Waals surface area (Å²) < 4.78 is 10.5. The molecule has 1 atom stereocenters. The molecule has 0 saturated carbocycles. The smallest absolute Gasteiger partial charge is 0.266 e. The van der Waals surface area contributed by atoms with Gasteiger partial charge in [0.15, 0.2) is 0 Å². The number of benzene rings is 1. The van der Waals surface area contributed by atoms with E-state index in [0.29, 0.717) is 38.1 Å². The van der Waals surface area contributed by atoms with Crippen molar-refractivity contribution in [3.05, 3.63) is 30.3 Å². The van der Waals surface area contributed by atoms with Crippen molar-refractivity contribution < 1.29 is 14.4 Å². The number of anilines is 1. The average Bonchev–Trinajstić information content (AvgIpc) is 2.83. The maximum atomic E-state index is 9.69. The van der Waals surface area contributed by atoms with Crippen molar-refractivity contribution in [2.24, 2.45) is 0 Å². The first-order chi connectivity index (χ1) is 9.33. The average molecular weight is 261 g/mol. The second-order valence-corrected chi connectivity index (χ2v) is 4.44. The number of nitrogens with zero attached hydrogens (tertiary/aromatic N) is 3. The van der Waals surface area contributed by atoms with Crippen molar-refractivity contribution >= 4 is 5.95 Å². The van der Waals surface area contributed by atoms with Gasteiger partial charge in [-0.05, 0) is 17.3 Å². The molecular weight excluding hydrogens is 246 g/mol. The summed E-state index contributed by atoms with van der Waals surface area (Å²) in [7, 11) is 0. The van der Waals surface area contributed by atoms with Gasteiger partial charge in [0, 0.05) is 18.7 Å². The van der Waals surface area contributed by atoms with Crippen LogP contribution in [0.1, 0.15) is 0 Å². The predicted octanol–water partition coefficient (Wildman–Crippen LogP) is 0.934. The van der Waals surface area contributed by atoms with Crippen LogP contribution in [0.15, 0.2) is 34.9 Å². The van der Waals surface area contributed by atoms with E-state index in [1.165, 1.54) is 0 Å². The molecule has 1 N–H and O–H groups in total. The van der Waals surface area contributed by atoms with Crippen LogP contribution in [-0.4, -0.2) is 47.7 Å². The lowest BCUT2D eigenvalue weighted by molar-refractivity contribution is 0.0597. The Kier molecular flexibility index (Phi) is 3.43. The van der Waals surface area contributed by atoms with Crippen LogP contribution in [0.3, 0.4) is 0 Å². The summed E-state index contributed by atoms with van der Waals surface area (Å²) in [5, 5.41) is 13.7. The maximum Gasteiger partial charge on any atom is 0.266 e. The summed E-state index contributed by atoms with van der Waals surface area (Å²) in [6, 6.07) is 9.60. The largest absolute Gasteiger partial charge is 0.389 e. The fourth-order valence-corrected chi connectivity index (χ4v) is 2.02. The summed E-state index contributed by atoms with van der Waals surface area (Å²) >= 11 is 0. The molecule has 2 aromatic rings. The van der Waals surface area contributed by atoms with Gasteiger partial charge in [-0.1, -0.05) is 18.2 Å². The molecule has 19 heavy (non-hydrogen) atoms. The molecule has 6 nitrogen and oxygen atoms in total. The number of ether oxygens (including phenoxy) is 1. The van der Waals surface area contributed by atoms with Gasteiger partial charge in [-0.2, -0.15) is 4.98 Å². The minimum absolute atomic E-state index is 0.347. The third-order valence-electron chi connectivity index (χ3n) is 2.97. The van der Waals surface area contributed by atoms with Gasteiger partial charge < -0.3 is 19.3 Å². The van der Waals surface area contributed by atoms with E-state index in [4.69, 9.17) is 9.26 Å². The molecule has 100 valence electrons. The summed E-state index contributed by atoms with van der Waals surface area (Å²) in [4.78, 5) is 6.23. The van der Waals surface area contributed by atoms with Crippen LogP contribution in [-0.2, 0) is 4.74 Å². The van der Waals surface area contributed by atoms with Crippen LogP contribution in [0, 0.1) is 0 Å². The molecule has 1 aliphatic rings. The van der Waals surface area contributed by atoms with E-state index in [1.807, 2.05) is 35.2 Å². The van der Waals surface area contributed by atoms with E-state index in [9.17, 15) is 5.11 Å². The van der Waals surface area contributed by atoms with Crippen LogP contribution in [0.25, 0.3) is 11.5 Å². The molecule has 1 aliphatic heterocycles. The number of aliphatic hydroxyl groups is 1. The van der Waals surface area contributed by atoms with Gasteiger partial charge in [-0.3, -0.25) is 0 Å². The van der Waals surface area contributed by atoms with Crippen LogP contribution < -0.4 is 4.90 Å². The van der Waals surface area contributed by atoms with Crippen molar-refractivity contribution in [3.63, 3.8) is 0 Å². The van der Waals surface area contributed by atoms with E-state index < -0.39 is 6.10 Å². The Morgan fingerprint density at radius 2 is 2.11 bits per heavy atom. The number of aromatic nitrogens is 2. The molecule has 0 amide bonds. The minimum atomic E-state index is -0.527. The standard InChI is InChI=1S/C13H15N3O3/c17-11-8-16(6-7-18-9-11)13-14-12(19-15-13)10-4-2-1-3-5-10/h1-5,11,17H,6-9H2/t11-/m0/s1. The summed E-state index contributed by atoms with van der Waals surface area (Å²) in [5.41, 5.74) is 0.882. The fraction of sp³-hybridized carbons (Fsp3) is 0.385. The highest BCUT2D eigenvalue weighted by Gasteiger charge is 2.21. The quantitative estimate of drug-likeness (QED) is 0.867. The molecule has 1 aromatic heterocycles. The Morgan fingerprint density at radius 3 is 2.95 bits per heavy atom. The van der Waals surface area contributed by atoms with Crippen LogP contribution in [0.2, 0.25) is 0 Å². The fourth-order valence-electron chi connectivity index (χ4n) is 2.02. The van der Waals surface area contributed by atoms with Crippen molar-refractivity contribution in [2.45, 2.75) is 6.10 Å². The second-order valence-electron chi connectivity index (χ2n) is 4.44. The van der Waals surface area contributed by atoms with Crippen molar-refractivity contribution in [1.82, 2.24) is 10.1 Å². The number of hydrogen-bond acceptors (Lipinski definition) is 6. The Hall–Kier alpha value is -1.92. The van der Waals surface area contributed by atoms with Crippen LogP contribution in [0.5, 0.6) is 0 Å². The normalized spacial score (nSPS) is 20.3. The predicted molar refractivity (Wildman–Crippen MR) is 68.8 cm³/mol. The van der Waals surface area contributed by atoms with Gasteiger partial charge in [-0.15, -0.1) is 0 Å². The minimum Gasteiger partial charge on any atom is -0.389 e. The van der Waals surface area contributed by atoms with Crippen molar-refractivity contribution in [2.75, 3.05) is 31.2 Å². The highest BCUT2D eigenvalue weighted by molar-refractivity contribution is 5.54. The highest BCUT2D eigenvalue weighted by atomic mass is 16.5. The van der Waals surface area contributed by atoms with E-state index >= 15 is 0 Å². The summed E-state index contributed by atoms with van der Waals surface area (Å²) in [6.45, 7) is 1.99. The molecular formula is C13H15N3O3. The van der Waals surface area contributed by atoms with E-state index in [1.54, 1.807) is 0 Å². The molecule has 0 radical (unpaired) electrons. The maximum absolute atomic E-state index is 9.69. The van der Waals surface area contributed by atoms with Crippen molar-refractivity contribution in [1.29, 1.82) is 0 Å². The molecule has 2 heterocycles. The first kappa shape index (κ1) is 12.1. The third kappa shape index (κ3) is 2.74. The Labute approximate surface area is 110 Å². The van der Waals surface area contributed by atoms with Gasteiger partial charge >= 0.3 is 0 Å². The highest BCUT2D eigenvalue weighted by Crippen LogP contribution is 2.20. The molecule has 6 heteroatoms. The van der Waals surface area contributed by atoms with Gasteiger partial charge in [0.1, 0.15) is 0 Å². The zero-order valence-electron chi connectivity index (χ0n) is 10.4. The monoisotopic (exact) mass is 261 g/mol. The Balaban J connectivity index is 1.81. The molecule has 0 aliphatic carbocycles. The zero-order valence-corrected chi connectivity index (χ0v) is 10.4. The third-order valence-corrected chi connectivity index (χ3v) is 2.97. The molecule has 1 fully saturated rings. The summed E-state index contributed by atoms with van der Waals surface area (Å²) in [6.07, 6.45) is -0.527. The Bertz CT molecular complexity index is 529. The molecule has 0 spiro atoms. The lowest BCUT2D eigenvalue weighted by Gasteiger charge is -2.18. The topological polar surface area (TPSA) is 71.6 Å². The molecule has 0 bridgehead atoms. The van der Waals surface area contributed by atoms with Gasteiger partial charge in [0.05, 0.1) is 19.3 Å². The summed E-state index contributed by atoms with van der Waals surface area (Å²) in [5.74, 6) is 0.971. The number of aliphatic hydroxyl groups excluding tert-OH is 1. The van der Waals surface area contributed by atoms with Gasteiger partial charge in [0.2, 0.25) is 0 Å². The first-order valence-corrected chi connectivity index (χ1v) is 6.23. The molecule has 1 aromatic carbocycles. The van der Waals surface area contributed by atoms with E-state index in [2.05, 4.69) is 10.1 Å². The van der Waals surface area contributed by atoms with Crippen LogP contribution >= 0.6 is 0 Å². The molecule has 0 unspecified atom stereocenters. The first-order valence-electron chi connectivity index (χ1n) is 6.23. The SMILES string of the molecule is O[C@@H]1COCCN(c2noc(-c3ccccc3)n2)C1. The van der Waals surface area contributed by atoms with Crippen molar-refractivity contribution in [3.8, 4) is 11.5 Å². The van der Waals surface area contributed by atoms with Gasteiger partial charge in [-0.25, -0.2) is 0 Å². The number of rotatable bonds is 2. The molecule has 1 saturated heterocycles.